The summed E-state index contributed by atoms with van der Waals surface area (Å²) in [6.45, 7) is 2.01. The molecule has 2 aromatic carbocycles. The minimum absolute atomic E-state index is 0.0101. The number of nitrogens with zero attached hydrogens (tertiary/aromatic N) is 1. The molecule has 0 aliphatic heterocycles. The normalized spacial score (nSPS) is 11.1. The number of carbonyl (C=O) groups is 1. The van der Waals surface area contributed by atoms with Crippen molar-refractivity contribution in [3.63, 3.8) is 0 Å². The first kappa shape index (κ1) is 13.3. The van der Waals surface area contributed by atoms with Gasteiger partial charge >= 0.3 is 0 Å². The maximum Gasteiger partial charge on any atom is 0.185 e. The number of fused-ring (bicyclic) bond motifs is 1. The van der Waals surface area contributed by atoms with E-state index < -0.39 is 0 Å². The highest BCUT2D eigenvalue weighted by molar-refractivity contribution is 6.07. The Hall–Kier alpha value is -2.74. The van der Waals surface area contributed by atoms with Crippen LogP contribution >= 0.6 is 0 Å². The van der Waals surface area contributed by atoms with E-state index in [0.717, 1.165) is 22.0 Å². The molecule has 0 bridgehead atoms. The second-order valence-electron chi connectivity index (χ2n) is 4.98. The molecule has 0 atom stereocenters. The van der Waals surface area contributed by atoms with Crippen molar-refractivity contribution in [1.29, 1.82) is 0 Å². The van der Waals surface area contributed by atoms with Gasteiger partial charge in [0.25, 0.3) is 0 Å². The van der Waals surface area contributed by atoms with Crippen LogP contribution in [0.4, 0.5) is 0 Å². The highest BCUT2D eigenvalue weighted by atomic mass is 16.1. The van der Waals surface area contributed by atoms with Crippen LogP contribution in [0, 0.1) is 6.92 Å². The highest BCUT2D eigenvalue weighted by Crippen LogP contribution is 2.17. The maximum atomic E-state index is 12.2. The number of ketones is 1. The lowest BCUT2D eigenvalue weighted by Crippen LogP contribution is -1.93. The molecule has 0 amide bonds. The van der Waals surface area contributed by atoms with Crippen LogP contribution in [0.2, 0.25) is 0 Å². The topological polar surface area (TPSA) is 30.0 Å². The van der Waals surface area contributed by atoms with Crippen molar-refractivity contribution in [3.8, 4) is 0 Å². The summed E-state index contributed by atoms with van der Waals surface area (Å²) in [6, 6.07) is 17.4. The van der Waals surface area contributed by atoms with Crippen molar-refractivity contribution in [2.24, 2.45) is 0 Å². The van der Waals surface area contributed by atoms with Crippen LogP contribution in [-0.2, 0) is 0 Å². The molecule has 0 radical (unpaired) electrons. The molecular weight excluding hydrogens is 258 g/mol. The number of aryl methyl sites for hydroxylation is 1. The summed E-state index contributed by atoms with van der Waals surface area (Å²) in [5.74, 6) is 0.0101. The summed E-state index contributed by atoms with van der Waals surface area (Å²) in [5, 5.41) is 1.05. The molecule has 0 aliphatic rings. The minimum atomic E-state index is 0.0101. The molecule has 0 saturated heterocycles. The van der Waals surface area contributed by atoms with E-state index >= 15 is 0 Å². The van der Waals surface area contributed by atoms with Gasteiger partial charge in [0.1, 0.15) is 0 Å². The fourth-order valence-corrected chi connectivity index (χ4v) is 2.24. The third-order valence-corrected chi connectivity index (χ3v) is 3.43. The molecule has 3 rings (SSSR count). The number of para-hydroxylation sites is 1. The van der Waals surface area contributed by atoms with Crippen molar-refractivity contribution in [2.45, 2.75) is 6.92 Å². The number of pyridine rings is 1. The van der Waals surface area contributed by atoms with Gasteiger partial charge < -0.3 is 0 Å². The Balaban J connectivity index is 1.91. The largest absolute Gasteiger partial charge is 0.289 e. The zero-order chi connectivity index (χ0) is 14.7. The Labute approximate surface area is 123 Å². The lowest BCUT2D eigenvalue weighted by atomic mass is 10.1. The second-order valence-corrected chi connectivity index (χ2v) is 4.98. The summed E-state index contributed by atoms with van der Waals surface area (Å²) >= 11 is 0. The van der Waals surface area contributed by atoms with Gasteiger partial charge in [0.15, 0.2) is 5.78 Å². The van der Waals surface area contributed by atoms with Gasteiger partial charge in [-0.05, 0) is 30.7 Å². The summed E-state index contributed by atoms with van der Waals surface area (Å²) in [6.07, 6.45) is 5.23. The van der Waals surface area contributed by atoms with Gasteiger partial charge in [-0.2, -0.15) is 0 Å². The van der Waals surface area contributed by atoms with E-state index in [-0.39, 0.29) is 5.78 Å². The Morgan fingerprint density at radius 3 is 2.57 bits per heavy atom. The molecule has 0 fully saturated rings. The third kappa shape index (κ3) is 2.90. The molecule has 1 heterocycles. The molecule has 2 nitrogen and oxygen atoms in total. The summed E-state index contributed by atoms with van der Waals surface area (Å²) in [4.78, 5) is 16.5. The van der Waals surface area contributed by atoms with Gasteiger partial charge in [-0.15, -0.1) is 0 Å². The molecule has 0 saturated carbocycles. The standard InChI is InChI=1S/C19H15NO/c1-14-6-8-16(9-7-14)19(21)11-10-15-12-13-20-18-5-3-2-4-17(15)18/h2-13H,1H3/b11-10+. The Morgan fingerprint density at radius 2 is 1.76 bits per heavy atom. The van der Waals surface area contributed by atoms with Crippen molar-refractivity contribution in [2.75, 3.05) is 0 Å². The predicted octanol–water partition coefficient (Wildman–Crippen LogP) is 4.44. The fourth-order valence-electron chi connectivity index (χ4n) is 2.24. The van der Waals surface area contributed by atoms with E-state index in [4.69, 9.17) is 0 Å². The zero-order valence-electron chi connectivity index (χ0n) is 11.8. The summed E-state index contributed by atoms with van der Waals surface area (Å²) < 4.78 is 0. The van der Waals surface area contributed by atoms with E-state index in [1.807, 2.05) is 67.6 Å². The van der Waals surface area contributed by atoms with Crippen LogP contribution in [-0.4, -0.2) is 10.8 Å². The molecule has 21 heavy (non-hydrogen) atoms. The number of carbonyl (C=O) groups excluding carboxylic acids is 1. The monoisotopic (exact) mass is 273 g/mol. The first-order valence-corrected chi connectivity index (χ1v) is 6.87. The number of hydrogen-bond acceptors (Lipinski definition) is 2. The molecule has 0 N–H and O–H groups in total. The molecule has 3 aromatic rings. The lowest BCUT2D eigenvalue weighted by molar-refractivity contribution is 0.104. The van der Waals surface area contributed by atoms with Crippen molar-refractivity contribution in [1.82, 2.24) is 4.98 Å². The van der Waals surface area contributed by atoms with Crippen LogP contribution in [0.3, 0.4) is 0 Å². The van der Waals surface area contributed by atoms with E-state index in [0.29, 0.717) is 5.56 Å². The average Bonchev–Trinajstić information content (AvgIpc) is 2.53. The summed E-state index contributed by atoms with van der Waals surface area (Å²) in [5.41, 5.74) is 3.79. The Kier molecular flexibility index (Phi) is 3.61. The van der Waals surface area contributed by atoms with E-state index in [9.17, 15) is 4.79 Å². The smallest absolute Gasteiger partial charge is 0.185 e. The average molecular weight is 273 g/mol. The summed E-state index contributed by atoms with van der Waals surface area (Å²) in [7, 11) is 0. The van der Waals surface area contributed by atoms with Crippen molar-refractivity contribution in [3.05, 3.63) is 83.6 Å². The molecule has 1 aromatic heterocycles. The van der Waals surface area contributed by atoms with Crippen molar-refractivity contribution < 1.29 is 4.79 Å². The number of rotatable bonds is 3. The predicted molar refractivity (Wildman–Crippen MR) is 86.3 cm³/mol. The minimum Gasteiger partial charge on any atom is -0.289 e. The molecular formula is C19H15NO. The van der Waals surface area contributed by atoms with Gasteiger partial charge in [0.2, 0.25) is 0 Å². The van der Waals surface area contributed by atoms with Gasteiger partial charge in [-0.1, -0.05) is 54.1 Å². The maximum absolute atomic E-state index is 12.2. The third-order valence-electron chi connectivity index (χ3n) is 3.43. The number of hydrogen-bond donors (Lipinski definition) is 0. The van der Waals surface area contributed by atoms with Gasteiger partial charge in [-0.3, -0.25) is 9.78 Å². The fraction of sp³-hybridized carbons (Fsp3) is 0.0526. The SMILES string of the molecule is Cc1ccc(C(=O)/C=C/c2ccnc3ccccc23)cc1. The lowest BCUT2D eigenvalue weighted by Gasteiger charge is -2.01. The van der Waals surface area contributed by atoms with Crippen LogP contribution < -0.4 is 0 Å². The first-order chi connectivity index (χ1) is 10.2. The van der Waals surface area contributed by atoms with E-state index in [1.165, 1.54) is 0 Å². The Morgan fingerprint density at radius 1 is 1.00 bits per heavy atom. The Bertz CT molecular complexity index is 811. The number of aromatic nitrogens is 1. The van der Waals surface area contributed by atoms with E-state index in [1.54, 1.807) is 12.3 Å². The van der Waals surface area contributed by atoms with Gasteiger partial charge in [0, 0.05) is 17.1 Å². The zero-order valence-corrected chi connectivity index (χ0v) is 11.8. The van der Waals surface area contributed by atoms with Crippen LogP contribution in [0.25, 0.3) is 17.0 Å². The van der Waals surface area contributed by atoms with Crippen LogP contribution in [0.15, 0.2) is 66.9 Å². The second kappa shape index (κ2) is 5.71. The van der Waals surface area contributed by atoms with Gasteiger partial charge in [0.05, 0.1) is 5.52 Å². The van der Waals surface area contributed by atoms with Crippen LogP contribution in [0.5, 0.6) is 0 Å². The van der Waals surface area contributed by atoms with E-state index in [2.05, 4.69) is 4.98 Å². The molecule has 0 spiro atoms. The van der Waals surface area contributed by atoms with Crippen LogP contribution in [0.1, 0.15) is 21.5 Å². The molecule has 102 valence electrons. The molecule has 0 aliphatic carbocycles. The van der Waals surface area contributed by atoms with Gasteiger partial charge in [-0.25, -0.2) is 0 Å². The quantitative estimate of drug-likeness (QED) is 0.521. The number of allylic oxidation sites excluding steroid dienone is 1. The molecule has 2 heteroatoms. The number of benzene rings is 2. The van der Waals surface area contributed by atoms with Crippen molar-refractivity contribution >= 4 is 22.8 Å². The highest BCUT2D eigenvalue weighted by Gasteiger charge is 2.02. The first-order valence-electron chi connectivity index (χ1n) is 6.87. The molecule has 0 unspecified atom stereocenters.